The molecule has 4 nitrogen and oxygen atoms in total. The topological polar surface area (TPSA) is 48.7 Å². The summed E-state index contributed by atoms with van der Waals surface area (Å²) < 4.78 is 16.3. The Bertz CT molecular complexity index is 853. The maximum absolute atomic E-state index is 11.8. The fraction of sp³-hybridized carbons (Fsp3) is 0.118. The standard InChI is InChI=1S/C17H14O4S/c1-19-12-4-2-11(3-5-12)10-20-13-6-7-14-15(18)9-17(22)21-16(14)8-13/h2-9,22H,10H2,1H3. The first-order valence-electron chi connectivity index (χ1n) is 6.68. The minimum Gasteiger partial charge on any atom is -0.497 e. The van der Waals surface area contributed by atoms with Gasteiger partial charge in [-0.05, 0) is 29.8 Å². The molecule has 1 heterocycles. The van der Waals surface area contributed by atoms with Gasteiger partial charge in [0.15, 0.2) is 10.5 Å². The van der Waals surface area contributed by atoms with Crippen LogP contribution in [0.2, 0.25) is 0 Å². The lowest BCUT2D eigenvalue weighted by Gasteiger charge is -2.08. The zero-order valence-corrected chi connectivity index (χ0v) is 12.8. The molecule has 3 aromatic rings. The van der Waals surface area contributed by atoms with Gasteiger partial charge in [-0.3, -0.25) is 4.79 Å². The molecule has 0 saturated heterocycles. The van der Waals surface area contributed by atoms with Crippen molar-refractivity contribution in [2.45, 2.75) is 11.7 Å². The van der Waals surface area contributed by atoms with Crippen LogP contribution in [0.5, 0.6) is 11.5 Å². The Labute approximate surface area is 132 Å². The highest BCUT2D eigenvalue weighted by Gasteiger charge is 2.05. The van der Waals surface area contributed by atoms with E-state index in [1.165, 1.54) is 6.07 Å². The minimum atomic E-state index is -0.118. The predicted octanol–water partition coefficient (Wildman–Crippen LogP) is 3.67. The molecule has 1 aromatic heterocycles. The molecule has 2 aromatic carbocycles. The molecule has 0 bridgehead atoms. The Morgan fingerprint density at radius 2 is 1.77 bits per heavy atom. The lowest BCUT2D eigenvalue weighted by atomic mass is 10.2. The van der Waals surface area contributed by atoms with Gasteiger partial charge in [-0.25, -0.2) is 0 Å². The van der Waals surface area contributed by atoms with Crippen molar-refractivity contribution in [3.05, 3.63) is 64.3 Å². The molecule has 5 heteroatoms. The Balaban J connectivity index is 1.80. The number of hydrogen-bond acceptors (Lipinski definition) is 5. The zero-order chi connectivity index (χ0) is 15.5. The van der Waals surface area contributed by atoms with Gasteiger partial charge in [-0.2, -0.15) is 0 Å². The molecular formula is C17H14O4S. The van der Waals surface area contributed by atoms with Crippen molar-refractivity contribution in [2.75, 3.05) is 7.11 Å². The van der Waals surface area contributed by atoms with Crippen LogP contribution in [0.1, 0.15) is 5.56 Å². The summed E-state index contributed by atoms with van der Waals surface area (Å²) in [4.78, 5) is 11.8. The first-order chi connectivity index (χ1) is 10.7. The van der Waals surface area contributed by atoms with Crippen molar-refractivity contribution >= 4 is 23.6 Å². The lowest BCUT2D eigenvalue weighted by Crippen LogP contribution is -2.00. The van der Waals surface area contributed by atoms with Gasteiger partial charge in [-0.15, -0.1) is 12.6 Å². The van der Waals surface area contributed by atoms with Crippen LogP contribution in [0.15, 0.2) is 62.8 Å². The highest BCUT2D eigenvalue weighted by molar-refractivity contribution is 7.80. The van der Waals surface area contributed by atoms with Gasteiger partial charge in [0.25, 0.3) is 0 Å². The number of thiol groups is 1. The molecule has 0 N–H and O–H groups in total. The molecule has 0 saturated carbocycles. The van der Waals surface area contributed by atoms with Crippen LogP contribution in [0, 0.1) is 0 Å². The smallest absolute Gasteiger partial charge is 0.193 e. The number of benzene rings is 2. The highest BCUT2D eigenvalue weighted by atomic mass is 32.1. The van der Waals surface area contributed by atoms with Crippen LogP contribution in [-0.4, -0.2) is 7.11 Å². The van der Waals surface area contributed by atoms with Crippen molar-refractivity contribution < 1.29 is 13.9 Å². The van der Waals surface area contributed by atoms with Crippen molar-refractivity contribution in [3.63, 3.8) is 0 Å². The fourth-order valence-corrected chi connectivity index (χ4v) is 2.32. The SMILES string of the molecule is COc1ccc(COc2ccc3c(=O)cc(S)oc3c2)cc1. The summed E-state index contributed by atoms with van der Waals surface area (Å²) in [5.74, 6) is 1.43. The summed E-state index contributed by atoms with van der Waals surface area (Å²) in [5, 5.41) is 0.791. The summed E-state index contributed by atoms with van der Waals surface area (Å²) in [6.07, 6.45) is 0. The third-order valence-corrected chi connectivity index (χ3v) is 3.47. The van der Waals surface area contributed by atoms with Crippen LogP contribution in [0.25, 0.3) is 11.0 Å². The maximum atomic E-state index is 11.8. The molecule has 0 radical (unpaired) electrons. The maximum Gasteiger partial charge on any atom is 0.193 e. The van der Waals surface area contributed by atoms with E-state index in [1.807, 2.05) is 24.3 Å². The normalized spacial score (nSPS) is 10.6. The Kier molecular flexibility index (Phi) is 4.06. The monoisotopic (exact) mass is 314 g/mol. The van der Waals surface area contributed by atoms with E-state index in [2.05, 4.69) is 12.6 Å². The Morgan fingerprint density at radius 3 is 2.50 bits per heavy atom. The average Bonchev–Trinajstić information content (AvgIpc) is 2.53. The summed E-state index contributed by atoms with van der Waals surface area (Å²) in [6.45, 7) is 0.417. The van der Waals surface area contributed by atoms with Crippen LogP contribution in [-0.2, 0) is 6.61 Å². The Morgan fingerprint density at radius 1 is 1.05 bits per heavy atom. The van der Waals surface area contributed by atoms with E-state index in [1.54, 1.807) is 25.3 Å². The summed E-state index contributed by atoms with van der Waals surface area (Å²) >= 11 is 4.07. The van der Waals surface area contributed by atoms with Crippen molar-refractivity contribution in [1.82, 2.24) is 0 Å². The number of methoxy groups -OCH3 is 1. The van der Waals surface area contributed by atoms with Gasteiger partial charge in [-0.1, -0.05) is 12.1 Å². The molecule has 0 aliphatic rings. The first-order valence-corrected chi connectivity index (χ1v) is 7.13. The van der Waals surface area contributed by atoms with Gasteiger partial charge in [0.2, 0.25) is 0 Å². The van der Waals surface area contributed by atoms with Gasteiger partial charge >= 0.3 is 0 Å². The molecule has 22 heavy (non-hydrogen) atoms. The minimum absolute atomic E-state index is 0.118. The average molecular weight is 314 g/mol. The van der Waals surface area contributed by atoms with Gasteiger partial charge in [0.1, 0.15) is 23.7 Å². The second-order valence-electron chi connectivity index (χ2n) is 4.74. The predicted molar refractivity (Wildman–Crippen MR) is 87.1 cm³/mol. The summed E-state index contributed by atoms with van der Waals surface area (Å²) in [7, 11) is 1.63. The molecule has 0 amide bonds. The largest absolute Gasteiger partial charge is 0.497 e. The van der Waals surface area contributed by atoms with E-state index in [9.17, 15) is 4.79 Å². The van der Waals surface area contributed by atoms with Crippen molar-refractivity contribution in [1.29, 1.82) is 0 Å². The number of hydrogen-bond donors (Lipinski definition) is 1. The molecule has 0 aliphatic carbocycles. The van der Waals surface area contributed by atoms with Gasteiger partial charge in [0.05, 0.1) is 12.5 Å². The third kappa shape index (κ3) is 3.09. The van der Waals surface area contributed by atoms with E-state index in [0.717, 1.165) is 11.3 Å². The van der Waals surface area contributed by atoms with Crippen LogP contribution in [0.3, 0.4) is 0 Å². The molecule has 0 atom stereocenters. The van der Waals surface area contributed by atoms with Gasteiger partial charge in [0, 0.05) is 12.1 Å². The summed E-state index contributed by atoms with van der Waals surface area (Å²) in [5.41, 5.74) is 1.36. The van der Waals surface area contributed by atoms with Gasteiger partial charge < -0.3 is 13.9 Å². The van der Waals surface area contributed by atoms with E-state index in [-0.39, 0.29) is 10.5 Å². The van der Waals surface area contributed by atoms with Crippen molar-refractivity contribution in [3.8, 4) is 11.5 Å². The summed E-state index contributed by atoms with van der Waals surface area (Å²) in [6, 6.07) is 14.1. The highest BCUT2D eigenvalue weighted by Crippen LogP contribution is 2.22. The molecule has 112 valence electrons. The second kappa shape index (κ2) is 6.15. The molecule has 3 rings (SSSR count). The van der Waals surface area contributed by atoms with E-state index in [4.69, 9.17) is 13.9 Å². The van der Waals surface area contributed by atoms with Crippen LogP contribution in [0.4, 0.5) is 0 Å². The lowest BCUT2D eigenvalue weighted by molar-refractivity contribution is 0.305. The van der Waals surface area contributed by atoms with Crippen molar-refractivity contribution in [2.24, 2.45) is 0 Å². The van der Waals surface area contributed by atoms with Crippen LogP contribution < -0.4 is 14.9 Å². The fourth-order valence-electron chi connectivity index (χ4n) is 2.10. The third-order valence-electron chi connectivity index (χ3n) is 3.25. The number of ether oxygens (including phenoxy) is 2. The zero-order valence-electron chi connectivity index (χ0n) is 11.9. The number of rotatable bonds is 4. The molecule has 0 spiro atoms. The molecule has 0 unspecified atom stereocenters. The Hall–Kier alpha value is -2.40. The molecule has 0 aliphatic heterocycles. The van der Waals surface area contributed by atoms with E-state index in [0.29, 0.717) is 23.3 Å². The van der Waals surface area contributed by atoms with Crippen LogP contribution >= 0.6 is 12.6 Å². The molecule has 0 fully saturated rings. The van der Waals surface area contributed by atoms with E-state index < -0.39 is 0 Å². The van der Waals surface area contributed by atoms with E-state index >= 15 is 0 Å². The number of fused-ring (bicyclic) bond motifs is 1. The molecular weight excluding hydrogens is 300 g/mol. The quantitative estimate of drug-likeness (QED) is 0.747. The second-order valence-corrected chi connectivity index (χ2v) is 5.18. The first kappa shape index (κ1) is 14.5.